The van der Waals surface area contributed by atoms with Crippen molar-refractivity contribution in [3.63, 3.8) is 0 Å². The zero-order chi connectivity index (χ0) is 11.5. The van der Waals surface area contributed by atoms with Crippen molar-refractivity contribution in [2.45, 2.75) is 44.8 Å². The lowest BCUT2D eigenvalue weighted by atomic mass is 9.90. The lowest BCUT2D eigenvalue weighted by Crippen LogP contribution is -2.47. The summed E-state index contributed by atoms with van der Waals surface area (Å²) in [6, 6.07) is 0.501. The molecule has 4 heteroatoms. The van der Waals surface area contributed by atoms with Crippen LogP contribution in [0.25, 0.3) is 0 Å². The summed E-state index contributed by atoms with van der Waals surface area (Å²) in [4.78, 5) is 14.4. The number of rotatable bonds is 4. The Balaban J connectivity index is 1.93. The maximum absolute atomic E-state index is 12.3. The van der Waals surface area contributed by atoms with E-state index in [-0.39, 0.29) is 12.0 Å². The first-order chi connectivity index (χ1) is 7.72. The molecule has 0 aromatic carbocycles. The van der Waals surface area contributed by atoms with E-state index in [1.54, 1.807) is 0 Å². The van der Waals surface area contributed by atoms with Gasteiger partial charge in [-0.05, 0) is 32.6 Å². The van der Waals surface area contributed by atoms with E-state index in [0.29, 0.717) is 18.6 Å². The van der Waals surface area contributed by atoms with E-state index in [1.807, 2.05) is 6.92 Å². The normalized spacial score (nSPS) is 30.1. The van der Waals surface area contributed by atoms with Gasteiger partial charge in [-0.1, -0.05) is 15.9 Å². The molecule has 2 fully saturated rings. The highest BCUT2D eigenvalue weighted by Gasteiger charge is 2.35. The number of nitrogens with zero attached hydrogens (tertiary/aromatic N) is 1. The van der Waals surface area contributed by atoms with Gasteiger partial charge in [0.15, 0.2) is 0 Å². The first-order valence-electron chi connectivity index (χ1n) is 6.20. The van der Waals surface area contributed by atoms with Gasteiger partial charge in [0.2, 0.25) is 5.91 Å². The maximum Gasteiger partial charge on any atom is 0.228 e. The van der Waals surface area contributed by atoms with Crippen LogP contribution in [0.2, 0.25) is 0 Å². The largest absolute Gasteiger partial charge is 0.378 e. The molecule has 0 N–H and O–H groups in total. The molecule has 16 heavy (non-hydrogen) atoms. The van der Waals surface area contributed by atoms with Crippen LogP contribution >= 0.6 is 15.9 Å². The van der Waals surface area contributed by atoms with Gasteiger partial charge >= 0.3 is 0 Å². The molecular formula is C12H20BrNO2. The van der Waals surface area contributed by atoms with Crippen LogP contribution in [0.15, 0.2) is 0 Å². The van der Waals surface area contributed by atoms with E-state index in [4.69, 9.17) is 4.74 Å². The molecule has 0 aromatic rings. The summed E-state index contributed by atoms with van der Waals surface area (Å²) in [6.07, 6.45) is 4.78. The molecule has 1 aliphatic carbocycles. The quantitative estimate of drug-likeness (QED) is 0.743. The summed E-state index contributed by atoms with van der Waals surface area (Å²) in [5, 5.41) is 0.873. The Morgan fingerprint density at radius 1 is 1.50 bits per heavy atom. The Labute approximate surface area is 106 Å². The van der Waals surface area contributed by atoms with Gasteiger partial charge in [-0.15, -0.1) is 0 Å². The van der Waals surface area contributed by atoms with Crippen LogP contribution in [0.5, 0.6) is 0 Å². The van der Waals surface area contributed by atoms with Crippen molar-refractivity contribution in [1.29, 1.82) is 0 Å². The van der Waals surface area contributed by atoms with Gasteiger partial charge in [0, 0.05) is 17.9 Å². The third-order valence-electron chi connectivity index (χ3n) is 3.67. The van der Waals surface area contributed by atoms with Gasteiger partial charge in [-0.3, -0.25) is 4.79 Å². The fraction of sp³-hybridized carbons (Fsp3) is 0.917. The Bertz CT molecular complexity index is 255. The average molecular weight is 290 g/mol. The molecular weight excluding hydrogens is 270 g/mol. The fourth-order valence-electron chi connectivity index (χ4n) is 2.49. The van der Waals surface area contributed by atoms with Gasteiger partial charge in [0.25, 0.3) is 0 Å². The molecule has 0 aromatic heterocycles. The summed E-state index contributed by atoms with van der Waals surface area (Å²) in [6.45, 7) is 3.51. The molecule has 92 valence electrons. The summed E-state index contributed by atoms with van der Waals surface area (Å²) in [7, 11) is 0. The molecule has 1 heterocycles. The molecule has 1 saturated carbocycles. The predicted octanol–water partition coefficient (Wildman–Crippen LogP) is 2.19. The standard InChI is InChI=1S/C12H20BrNO2/c1-9-7-10(8-16-9)12(15)14(6-5-13)11-3-2-4-11/h9-11H,2-8H2,1H3. The molecule has 1 amide bonds. The number of carbonyl (C=O) groups excluding carboxylic acids is 1. The first kappa shape index (κ1) is 12.4. The number of hydrogen-bond donors (Lipinski definition) is 0. The number of carbonyl (C=O) groups is 1. The highest BCUT2D eigenvalue weighted by molar-refractivity contribution is 9.09. The van der Waals surface area contributed by atoms with Crippen LogP contribution in [0.1, 0.15) is 32.6 Å². The summed E-state index contributed by atoms with van der Waals surface area (Å²) < 4.78 is 5.49. The fourth-order valence-corrected chi connectivity index (χ4v) is 2.87. The predicted molar refractivity (Wildman–Crippen MR) is 66.7 cm³/mol. The third kappa shape index (κ3) is 2.59. The zero-order valence-electron chi connectivity index (χ0n) is 9.82. The van der Waals surface area contributed by atoms with Crippen molar-refractivity contribution in [3.05, 3.63) is 0 Å². The molecule has 0 bridgehead atoms. The first-order valence-corrected chi connectivity index (χ1v) is 7.32. The SMILES string of the molecule is CC1CC(C(=O)N(CCBr)C2CCC2)CO1. The molecule has 0 radical (unpaired) electrons. The van der Waals surface area contributed by atoms with E-state index in [0.717, 1.165) is 18.3 Å². The highest BCUT2D eigenvalue weighted by atomic mass is 79.9. The van der Waals surface area contributed by atoms with Crippen LogP contribution in [-0.4, -0.2) is 41.4 Å². The molecule has 0 spiro atoms. The van der Waals surface area contributed by atoms with Crippen LogP contribution < -0.4 is 0 Å². The Morgan fingerprint density at radius 3 is 2.69 bits per heavy atom. The molecule has 2 atom stereocenters. The third-order valence-corrected chi connectivity index (χ3v) is 4.03. The lowest BCUT2D eigenvalue weighted by molar-refractivity contribution is -0.139. The average Bonchev–Trinajstić information content (AvgIpc) is 2.60. The zero-order valence-corrected chi connectivity index (χ0v) is 11.4. The van der Waals surface area contributed by atoms with E-state index in [9.17, 15) is 4.79 Å². The Hall–Kier alpha value is -0.0900. The van der Waals surface area contributed by atoms with Gasteiger partial charge in [0.1, 0.15) is 0 Å². The van der Waals surface area contributed by atoms with Gasteiger partial charge in [0.05, 0.1) is 18.6 Å². The minimum absolute atomic E-state index is 0.106. The van der Waals surface area contributed by atoms with Gasteiger partial charge in [-0.2, -0.15) is 0 Å². The van der Waals surface area contributed by atoms with Crippen LogP contribution in [0.3, 0.4) is 0 Å². The number of halogens is 1. The summed E-state index contributed by atoms with van der Waals surface area (Å²) in [5.74, 6) is 0.420. The van der Waals surface area contributed by atoms with Crippen molar-refractivity contribution < 1.29 is 9.53 Å². The summed E-state index contributed by atoms with van der Waals surface area (Å²) >= 11 is 3.44. The second kappa shape index (κ2) is 5.50. The van der Waals surface area contributed by atoms with Gasteiger partial charge in [-0.25, -0.2) is 0 Å². The Morgan fingerprint density at radius 2 is 2.25 bits per heavy atom. The Kier molecular flexibility index (Phi) is 4.25. The molecule has 1 saturated heterocycles. The van der Waals surface area contributed by atoms with E-state index in [1.165, 1.54) is 19.3 Å². The second-order valence-electron chi connectivity index (χ2n) is 4.88. The molecule has 3 nitrogen and oxygen atoms in total. The smallest absolute Gasteiger partial charge is 0.228 e. The number of hydrogen-bond acceptors (Lipinski definition) is 2. The van der Waals surface area contributed by atoms with Gasteiger partial charge < -0.3 is 9.64 Å². The van der Waals surface area contributed by atoms with Crippen LogP contribution in [0.4, 0.5) is 0 Å². The van der Waals surface area contributed by atoms with Crippen molar-refractivity contribution in [1.82, 2.24) is 4.90 Å². The van der Waals surface area contributed by atoms with Crippen molar-refractivity contribution in [2.75, 3.05) is 18.5 Å². The molecule has 2 aliphatic rings. The van der Waals surface area contributed by atoms with E-state index < -0.39 is 0 Å². The number of ether oxygens (including phenoxy) is 1. The van der Waals surface area contributed by atoms with Crippen LogP contribution in [0, 0.1) is 5.92 Å². The van der Waals surface area contributed by atoms with Crippen molar-refractivity contribution >= 4 is 21.8 Å². The summed E-state index contributed by atoms with van der Waals surface area (Å²) in [5.41, 5.74) is 0. The van der Waals surface area contributed by atoms with Crippen molar-refractivity contribution in [2.24, 2.45) is 5.92 Å². The molecule has 1 aliphatic heterocycles. The van der Waals surface area contributed by atoms with Crippen molar-refractivity contribution in [3.8, 4) is 0 Å². The van der Waals surface area contributed by atoms with E-state index in [2.05, 4.69) is 20.8 Å². The second-order valence-corrected chi connectivity index (χ2v) is 5.67. The highest BCUT2D eigenvalue weighted by Crippen LogP contribution is 2.29. The number of alkyl halides is 1. The minimum Gasteiger partial charge on any atom is -0.378 e. The monoisotopic (exact) mass is 289 g/mol. The minimum atomic E-state index is 0.106. The lowest BCUT2D eigenvalue weighted by Gasteiger charge is -2.38. The molecule has 2 unspecified atom stereocenters. The maximum atomic E-state index is 12.3. The van der Waals surface area contributed by atoms with Crippen LogP contribution in [-0.2, 0) is 9.53 Å². The van der Waals surface area contributed by atoms with E-state index >= 15 is 0 Å². The topological polar surface area (TPSA) is 29.5 Å². The molecule has 2 rings (SSSR count). The number of amides is 1.